The van der Waals surface area contributed by atoms with Gasteiger partial charge in [0.05, 0.1) is 24.0 Å². The molecule has 0 spiro atoms. The van der Waals surface area contributed by atoms with Crippen molar-refractivity contribution in [3.05, 3.63) is 78.3 Å². The van der Waals surface area contributed by atoms with Gasteiger partial charge in [0, 0.05) is 16.8 Å². The molecule has 0 aliphatic carbocycles. The predicted molar refractivity (Wildman–Crippen MR) is 108 cm³/mol. The lowest BCUT2D eigenvalue weighted by molar-refractivity contribution is 0.341. The summed E-state index contributed by atoms with van der Waals surface area (Å²) in [7, 11) is 0. The largest absolute Gasteiger partial charge is 0.446 e. The van der Waals surface area contributed by atoms with Gasteiger partial charge in [-0.25, -0.2) is 18.7 Å². The van der Waals surface area contributed by atoms with Gasteiger partial charge in [0.25, 0.3) is 11.1 Å². The quantitative estimate of drug-likeness (QED) is 0.640. The summed E-state index contributed by atoms with van der Waals surface area (Å²) in [6.07, 6.45) is -0.657. The molecule has 0 fully saturated rings. The second-order valence-electron chi connectivity index (χ2n) is 6.70. The van der Waals surface area contributed by atoms with Gasteiger partial charge in [-0.1, -0.05) is 11.6 Å². The molecule has 0 saturated carbocycles. The van der Waals surface area contributed by atoms with E-state index in [1.807, 2.05) is 0 Å². The monoisotopic (exact) mass is 447 g/mol. The third-order valence-corrected chi connectivity index (χ3v) is 4.62. The summed E-state index contributed by atoms with van der Waals surface area (Å²) in [5, 5.41) is 9.02. The van der Waals surface area contributed by atoms with Gasteiger partial charge in [-0.3, -0.25) is 14.2 Å². The van der Waals surface area contributed by atoms with E-state index in [1.165, 1.54) is 0 Å². The third-order valence-electron chi connectivity index (χ3n) is 4.41. The van der Waals surface area contributed by atoms with Crippen molar-refractivity contribution in [2.75, 3.05) is 0 Å². The van der Waals surface area contributed by atoms with Gasteiger partial charge in [0.2, 0.25) is 5.75 Å². The number of aromatic nitrogens is 4. The molecule has 0 saturated heterocycles. The molecule has 11 heteroatoms. The zero-order valence-electron chi connectivity index (χ0n) is 16.7. The zero-order chi connectivity index (χ0) is 22.9. The lowest BCUT2D eigenvalue weighted by atomic mass is 10.2. The van der Waals surface area contributed by atoms with Crippen LogP contribution in [0.4, 0.5) is 8.78 Å². The number of aryl methyl sites for hydroxylation is 2. The van der Waals surface area contributed by atoms with E-state index in [0.29, 0.717) is 11.5 Å². The average molecular weight is 448 g/mol. The molecular weight excluding hydrogens is 432 g/mol. The third kappa shape index (κ3) is 4.46. The first kappa shape index (κ1) is 22.1. The number of halogens is 3. The molecule has 1 atom stereocenters. The molecule has 31 heavy (non-hydrogen) atoms. The highest BCUT2D eigenvalue weighted by Gasteiger charge is 2.22. The van der Waals surface area contributed by atoms with Crippen LogP contribution in [0.3, 0.4) is 0 Å². The summed E-state index contributed by atoms with van der Waals surface area (Å²) in [6, 6.07) is 3.76. The molecule has 0 amide bonds. The SMILES string of the molecule is Cc1nc(C)c(Cn2cnc([C@H](C)F)c(Oc3cc(Cl)cc(C#N)c3F)c2=O)c(=O)[nH]1. The number of nitrogens with zero attached hydrogens (tertiary/aromatic N) is 4. The molecule has 1 aromatic carbocycles. The Kier molecular flexibility index (Phi) is 6.17. The Bertz CT molecular complexity index is 1330. The van der Waals surface area contributed by atoms with E-state index < -0.39 is 40.2 Å². The maximum Gasteiger partial charge on any atom is 0.297 e. The van der Waals surface area contributed by atoms with Gasteiger partial charge in [-0.2, -0.15) is 5.26 Å². The first-order valence-electron chi connectivity index (χ1n) is 8.99. The Hall–Kier alpha value is -3.58. The van der Waals surface area contributed by atoms with Crippen LogP contribution in [-0.4, -0.2) is 19.5 Å². The van der Waals surface area contributed by atoms with Crippen LogP contribution in [0, 0.1) is 31.0 Å². The number of benzene rings is 1. The topological polar surface area (TPSA) is 114 Å². The molecule has 0 bridgehead atoms. The Morgan fingerprint density at radius 1 is 1.35 bits per heavy atom. The second kappa shape index (κ2) is 8.65. The molecule has 160 valence electrons. The smallest absolute Gasteiger partial charge is 0.297 e. The fourth-order valence-electron chi connectivity index (χ4n) is 2.91. The van der Waals surface area contributed by atoms with Gasteiger partial charge in [0.1, 0.15) is 23.8 Å². The summed E-state index contributed by atoms with van der Waals surface area (Å²) in [5.74, 6) is -1.77. The van der Waals surface area contributed by atoms with E-state index >= 15 is 0 Å². The summed E-state index contributed by atoms with van der Waals surface area (Å²) >= 11 is 5.88. The van der Waals surface area contributed by atoms with Crippen LogP contribution in [0.2, 0.25) is 5.02 Å². The van der Waals surface area contributed by atoms with Crippen LogP contribution in [-0.2, 0) is 6.54 Å². The maximum absolute atomic E-state index is 14.5. The van der Waals surface area contributed by atoms with Crippen LogP contribution in [0.25, 0.3) is 0 Å². The Balaban J connectivity index is 2.14. The van der Waals surface area contributed by atoms with E-state index in [4.69, 9.17) is 21.6 Å². The number of ether oxygens (including phenoxy) is 1. The van der Waals surface area contributed by atoms with Crippen molar-refractivity contribution < 1.29 is 13.5 Å². The lowest BCUT2D eigenvalue weighted by Gasteiger charge is -2.15. The highest BCUT2D eigenvalue weighted by molar-refractivity contribution is 6.30. The molecule has 1 N–H and O–H groups in total. The minimum absolute atomic E-state index is 0.0140. The van der Waals surface area contributed by atoms with Gasteiger partial charge in [-0.05, 0) is 26.8 Å². The number of hydrogen-bond acceptors (Lipinski definition) is 6. The summed E-state index contributed by atoms with van der Waals surface area (Å²) < 4.78 is 35.0. The van der Waals surface area contributed by atoms with Crippen LogP contribution >= 0.6 is 11.6 Å². The van der Waals surface area contributed by atoms with Crippen LogP contribution in [0.15, 0.2) is 28.0 Å². The average Bonchev–Trinajstić information content (AvgIpc) is 2.69. The molecule has 3 rings (SSSR count). The number of hydrogen-bond donors (Lipinski definition) is 1. The molecule has 8 nitrogen and oxygen atoms in total. The Morgan fingerprint density at radius 2 is 2.06 bits per heavy atom. The van der Waals surface area contributed by atoms with Crippen molar-refractivity contribution in [1.29, 1.82) is 5.26 Å². The molecule has 0 aliphatic rings. The number of H-pyrrole nitrogens is 1. The highest BCUT2D eigenvalue weighted by atomic mass is 35.5. The van der Waals surface area contributed by atoms with Crippen molar-refractivity contribution >= 4 is 11.6 Å². The van der Waals surface area contributed by atoms with Crippen molar-refractivity contribution in [3.8, 4) is 17.6 Å². The van der Waals surface area contributed by atoms with E-state index in [2.05, 4.69) is 15.0 Å². The van der Waals surface area contributed by atoms with E-state index in [0.717, 1.165) is 30.0 Å². The minimum atomic E-state index is -1.72. The van der Waals surface area contributed by atoms with Crippen LogP contribution < -0.4 is 15.9 Å². The summed E-state index contributed by atoms with van der Waals surface area (Å²) in [5.41, 5.74) is -1.48. The number of rotatable bonds is 5. The van der Waals surface area contributed by atoms with E-state index in [1.54, 1.807) is 19.9 Å². The fourth-order valence-corrected chi connectivity index (χ4v) is 3.12. The van der Waals surface area contributed by atoms with Gasteiger partial charge >= 0.3 is 0 Å². The maximum atomic E-state index is 14.5. The van der Waals surface area contributed by atoms with E-state index in [-0.39, 0.29) is 22.8 Å². The van der Waals surface area contributed by atoms with Gasteiger partial charge in [0.15, 0.2) is 11.6 Å². The number of aromatic amines is 1. The first-order valence-corrected chi connectivity index (χ1v) is 9.37. The molecular formula is C20H16ClF2N5O3. The first-order chi connectivity index (χ1) is 14.6. The van der Waals surface area contributed by atoms with Crippen molar-refractivity contribution in [1.82, 2.24) is 19.5 Å². The molecule has 2 heterocycles. The van der Waals surface area contributed by atoms with Crippen molar-refractivity contribution in [2.24, 2.45) is 0 Å². The highest BCUT2D eigenvalue weighted by Crippen LogP contribution is 2.31. The normalized spacial score (nSPS) is 11.8. The lowest BCUT2D eigenvalue weighted by Crippen LogP contribution is -2.28. The Morgan fingerprint density at radius 3 is 2.68 bits per heavy atom. The molecule has 0 aliphatic heterocycles. The van der Waals surface area contributed by atoms with Gasteiger partial charge in [-0.15, -0.1) is 0 Å². The number of nitrogens with one attached hydrogen (secondary N) is 1. The minimum Gasteiger partial charge on any atom is -0.446 e. The predicted octanol–water partition coefficient (Wildman–Crippen LogP) is 3.48. The fraction of sp³-hybridized carbons (Fsp3) is 0.250. The molecule has 0 unspecified atom stereocenters. The summed E-state index contributed by atoms with van der Waals surface area (Å²) in [4.78, 5) is 35.9. The number of alkyl halides is 1. The zero-order valence-corrected chi connectivity index (χ0v) is 17.4. The summed E-state index contributed by atoms with van der Waals surface area (Å²) in [6.45, 7) is 4.13. The second-order valence-corrected chi connectivity index (χ2v) is 7.14. The van der Waals surface area contributed by atoms with Crippen molar-refractivity contribution in [2.45, 2.75) is 33.5 Å². The van der Waals surface area contributed by atoms with Crippen molar-refractivity contribution in [3.63, 3.8) is 0 Å². The van der Waals surface area contributed by atoms with E-state index in [9.17, 15) is 18.4 Å². The van der Waals surface area contributed by atoms with Crippen LogP contribution in [0.1, 0.15) is 41.4 Å². The molecule has 3 aromatic rings. The van der Waals surface area contributed by atoms with Gasteiger partial charge < -0.3 is 9.72 Å². The van der Waals surface area contributed by atoms with Crippen LogP contribution in [0.5, 0.6) is 11.5 Å². The standard InChI is InChI=1S/C20H16ClF2N5O3/c1-9(22)17-18(31-15-5-13(21)4-12(6-24)16(15)23)20(30)28(8-25-17)7-14-10(2)26-11(3)27-19(14)29/h4-5,8-9H,7H2,1-3H3,(H,26,27,29)/t9-/m0/s1. The molecule has 0 radical (unpaired) electrons. The molecule has 2 aromatic heterocycles. The Labute approximate surface area is 179 Å². The number of nitriles is 1.